The van der Waals surface area contributed by atoms with Gasteiger partial charge in [0.05, 0.1) is 0 Å². The predicted molar refractivity (Wildman–Crippen MR) is 124 cm³/mol. The van der Waals surface area contributed by atoms with Crippen molar-refractivity contribution in [3.8, 4) is 11.5 Å². The van der Waals surface area contributed by atoms with Crippen LogP contribution in [0, 0.1) is 6.92 Å². The zero-order chi connectivity index (χ0) is 22.0. The van der Waals surface area contributed by atoms with E-state index in [1.807, 2.05) is 0 Å². The molecule has 0 saturated carbocycles. The van der Waals surface area contributed by atoms with Crippen molar-refractivity contribution >= 4 is 17.1 Å². The minimum Gasteiger partial charge on any atom is -0.517 e. The maximum absolute atomic E-state index is 7.50. The zero-order valence-electron chi connectivity index (χ0n) is 20.5. The highest BCUT2D eigenvalue weighted by molar-refractivity contribution is 6.87. The average Bonchev–Trinajstić information content (AvgIpc) is 2.60. The molecule has 1 heterocycles. The molecule has 0 radical (unpaired) electrons. The van der Waals surface area contributed by atoms with Gasteiger partial charge < -0.3 is 13.0 Å². The van der Waals surface area contributed by atoms with Gasteiger partial charge in [0.2, 0.25) is 0 Å². The highest BCUT2D eigenvalue weighted by Crippen LogP contribution is 2.62. The van der Waals surface area contributed by atoms with Crippen LogP contribution in [0.4, 0.5) is 0 Å². The molecule has 0 aliphatic carbocycles. The highest BCUT2D eigenvalue weighted by atomic mass is 28.5. The van der Waals surface area contributed by atoms with Crippen molar-refractivity contribution in [1.82, 2.24) is 0 Å². The van der Waals surface area contributed by atoms with Crippen LogP contribution >= 0.6 is 0 Å². The van der Waals surface area contributed by atoms with Gasteiger partial charge in [-0.3, -0.25) is 0 Å². The molecule has 0 N–H and O–H groups in total. The van der Waals surface area contributed by atoms with Crippen LogP contribution in [-0.4, -0.2) is 17.1 Å². The normalized spacial score (nSPS) is 19.9. The third kappa shape index (κ3) is 3.59. The summed E-state index contributed by atoms with van der Waals surface area (Å²) >= 11 is 0. The highest BCUT2D eigenvalue weighted by Gasteiger charge is 2.71. The fraction of sp³-hybridized carbons (Fsp3) is 0.739. The summed E-state index contributed by atoms with van der Waals surface area (Å²) in [6.07, 6.45) is 0. The molecule has 3 nitrogen and oxygen atoms in total. The summed E-state index contributed by atoms with van der Waals surface area (Å²) < 4.78 is 21.5. The van der Waals surface area contributed by atoms with E-state index in [2.05, 4.69) is 108 Å². The Balaban J connectivity index is 2.97. The van der Waals surface area contributed by atoms with Crippen LogP contribution in [0.1, 0.15) is 88.6 Å². The molecule has 0 atom stereocenters. The Morgan fingerprint density at radius 1 is 0.571 bits per heavy atom. The summed E-state index contributed by atoms with van der Waals surface area (Å²) in [7, 11) is -5.65. The SMILES string of the molecule is Cc1ccc2c(c1)O[Si](C(C)(C)C)(C(C)(C)C)O[Si](C(C)(C)C)(C(C)(C)C)O2. The first-order chi connectivity index (χ1) is 12.3. The molecule has 0 amide bonds. The molecule has 0 aromatic heterocycles. The van der Waals surface area contributed by atoms with E-state index in [9.17, 15) is 0 Å². The predicted octanol–water partition coefficient (Wildman–Crippen LogP) is 7.87. The van der Waals surface area contributed by atoms with Gasteiger partial charge in [-0.2, -0.15) is 0 Å². The van der Waals surface area contributed by atoms with Gasteiger partial charge in [-0.1, -0.05) is 89.2 Å². The second kappa shape index (κ2) is 6.61. The molecule has 28 heavy (non-hydrogen) atoms. The van der Waals surface area contributed by atoms with Crippen LogP contribution < -0.4 is 8.85 Å². The molecular weight excluding hydrogens is 380 g/mol. The van der Waals surface area contributed by atoms with Crippen LogP contribution in [0.15, 0.2) is 18.2 Å². The van der Waals surface area contributed by atoms with Gasteiger partial charge >= 0.3 is 17.1 Å². The van der Waals surface area contributed by atoms with Gasteiger partial charge in [0.25, 0.3) is 0 Å². The van der Waals surface area contributed by atoms with Crippen molar-refractivity contribution in [1.29, 1.82) is 0 Å². The van der Waals surface area contributed by atoms with E-state index in [1.54, 1.807) is 0 Å². The maximum atomic E-state index is 7.50. The Hall–Kier alpha value is -0.786. The molecule has 0 unspecified atom stereocenters. The van der Waals surface area contributed by atoms with Crippen LogP contribution in [-0.2, 0) is 4.12 Å². The van der Waals surface area contributed by atoms with Gasteiger partial charge in [-0.15, -0.1) is 0 Å². The summed E-state index contributed by atoms with van der Waals surface area (Å²) in [5.41, 5.74) is 1.17. The summed E-state index contributed by atoms with van der Waals surface area (Å²) in [5.74, 6) is 1.68. The van der Waals surface area contributed by atoms with Crippen LogP contribution in [0.2, 0.25) is 20.2 Å². The van der Waals surface area contributed by atoms with Crippen molar-refractivity contribution in [3.05, 3.63) is 23.8 Å². The molecule has 160 valence electrons. The summed E-state index contributed by atoms with van der Waals surface area (Å²) in [6.45, 7) is 29.4. The Bertz CT molecular complexity index is 700. The smallest absolute Gasteiger partial charge is 0.402 e. The number of benzene rings is 1. The number of rotatable bonds is 0. The lowest BCUT2D eigenvalue weighted by Gasteiger charge is -2.56. The van der Waals surface area contributed by atoms with Gasteiger partial charge in [0.1, 0.15) is 11.5 Å². The molecule has 0 fully saturated rings. The molecule has 0 saturated heterocycles. The van der Waals surface area contributed by atoms with E-state index >= 15 is 0 Å². The fourth-order valence-electron chi connectivity index (χ4n) is 4.81. The van der Waals surface area contributed by atoms with Crippen molar-refractivity contribution < 1.29 is 13.0 Å². The zero-order valence-corrected chi connectivity index (χ0v) is 22.5. The van der Waals surface area contributed by atoms with Gasteiger partial charge in [0.15, 0.2) is 0 Å². The number of hydrogen-bond donors (Lipinski definition) is 0. The Morgan fingerprint density at radius 3 is 1.29 bits per heavy atom. The van der Waals surface area contributed by atoms with E-state index in [4.69, 9.17) is 13.0 Å². The first-order valence-corrected chi connectivity index (χ1v) is 14.1. The number of aryl methyl sites for hydroxylation is 1. The second-order valence-corrected chi connectivity index (χ2v) is 22.2. The number of fused-ring (bicyclic) bond motifs is 1. The monoisotopic (exact) mass is 422 g/mol. The lowest BCUT2D eigenvalue weighted by molar-refractivity contribution is 0.235. The van der Waals surface area contributed by atoms with Crippen LogP contribution in [0.5, 0.6) is 11.5 Å². The topological polar surface area (TPSA) is 27.7 Å². The van der Waals surface area contributed by atoms with E-state index in [0.717, 1.165) is 11.5 Å². The first kappa shape index (κ1) is 23.5. The second-order valence-electron chi connectivity index (χ2n) is 12.5. The molecule has 1 aliphatic heterocycles. The van der Waals surface area contributed by atoms with E-state index in [1.165, 1.54) is 5.56 Å². The average molecular weight is 423 g/mol. The standard InChI is InChI=1S/C23H42O3Si2/c1-17-14-15-18-19(16-17)25-28(22(8,9)10,23(11,12)13)26-27(24-18,20(2,3)4)21(5,6)7/h14-16H,1-13H3. The first-order valence-electron chi connectivity index (χ1n) is 10.5. The molecule has 1 aliphatic rings. The summed E-state index contributed by atoms with van der Waals surface area (Å²) in [5, 5.41) is -0.519. The van der Waals surface area contributed by atoms with Crippen molar-refractivity contribution in [3.63, 3.8) is 0 Å². The third-order valence-corrected chi connectivity index (χ3v) is 17.1. The van der Waals surface area contributed by atoms with E-state index in [-0.39, 0.29) is 20.2 Å². The summed E-state index contributed by atoms with van der Waals surface area (Å²) in [4.78, 5) is 0. The molecule has 2 rings (SSSR count). The quantitative estimate of drug-likeness (QED) is 0.398. The third-order valence-electron chi connectivity index (χ3n) is 5.84. The van der Waals surface area contributed by atoms with Gasteiger partial charge in [0, 0.05) is 20.2 Å². The Kier molecular flexibility index (Phi) is 5.55. The molecule has 0 bridgehead atoms. The number of hydrogen-bond acceptors (Lipinski definition) is 3. The van der Waals surface area contributed by atoms with Crippen molar-refractivity contribution in [2.45, 2.75) is 110 Å². The van der Waals surface area contributed by atoms with Crippen molar-refractivity contribution in [2.24, 2.45) is 0 Å². The van der Waals surface area contributed by atoms with Gasteiger partial charge in [-0.25, -0.2) is 0 Å². The molecule has 5 heteroatoms. The lowest BCUT2D eigenvalue weighted by atomic mass is 10.2. The van der Waals surface area contributed by atoms with Crippen LogP contribution in [0.3, 0.4) is 0 Å². The minimum absolute atomic E-state index is 0.129. The largest absolute Gasteiger partial charge is 0.517 e. The fourth-order valence-corrected chi connectivity index (χ4v) is 18.3. The molecule has 0 spiro atoms. The van der Waals surface area contributed by atoms with Crippen molar-refractivity contribution in [2.75, 3.05) is 0 Å². The molecule has 1 aromatic rings. The Labute approximate surface area is 175 Å². The Morgan fingerprint density at radius 2 is 0.929 bits per heavy atom. The van der Waals surface area contributed by atoms with E-state index in [0.29, 0.717) is 0 Å². The molecule has 1 aromatic carbocycles. The van der Waals surface area contributed by atoms with E-state index < -0.39 is 17.1 Å². The molecular formula is C23H42O3Si2. The lowest BCUT2D eigenvalue weighted by Crippen LogP contribution is -2.70. The summed E-state index contributed by atoms with van der Waals surface area (Å²) in [6, 6.07) is 6.30. The van der Waals surface area contributed by atoms with Crippen LogP contribution in [0.25, 0.3) is 0 Å². The minimum atomic E-state index is -2.83. The maximum Gasteiger partial charge on any atom is 0.402 e. The van der Waals surface area contributed by atoms with Gasteiger partial charge in [-0.05, 0) is 24.6 Å².